The first-order valence-electron chi connectivity index (χ1n) is 8.45. The lowest BCUT2D eigenvalue weighted by atomic mass is 9.82. The third kappa shape index (κ3) is 4.93. The number of esters is 2. The molecule has 1 aliphatic rings. The lowest BCUT2D eigenvalue weighted by Gasteiger charge is -2.25. The maximum Gasteiger partial charge on any atom is 0.313 e. The molecule has 8 nitrogen and oxygen atoms in total. The van der Waals surface area contributed by atoms with Crippen LogP contribution in [0.2, 0.25) is 0 Å². The molecule has 0 unspecified atom stereocenters. The number of allylic oxidation sites excluding steroid dienone is 2. The molecule has 0 aliphatic heterocycles. The van der Waals surface area contributed by atoms with Crippen LogP contribution in [0, 0.1) is 17.3 Å². The van der Waals surface area contributed by atoms with Crippen LogP contribution in [-0.4, -0.2) is 34.7 Å². The Kier molecular flexibility index (Phi) is 6.18. The Morgan fingerprint density at radius 3 is 2.50 bits per heavy atom. The van der Waals surface area contributed by atoms with E-state index < -0.39 is 17.3 Å². The van der Waals surface area contributed by atoms with Gasteiger partial charge in [-0.1, -0.05) is 12.2 Å². The van der Waals surface area contributed by atoms with Gasteiger partial charge in [0.15, 0.2) is 6.73 Å². The smallest absolute Gasteiger partial charge is 0.313 e. The minimum Gasteiger partial charge on any atom is -0.469 e. The second-order valence-electron chi connectivity index (χ2n) is 7.25. The number of hydrogen-bond acceptors (Lipinski definition) is 6. The molecule has 1 N–H and O–H groups in total. The summed E-state index contributed by atoms with van der Waals surface area (Å²) in [5.41, 5.74) is -0.123. The SMILES string of the molecule is COC(=O)[C@H]1CC=CC[C@H]1C(=O)Nc1cnn(COC(=O)C(C)(C)C)c1. The van der Waals surface area contributed by atoms with Gasteiger partial charge in [-0.15, -0.1) is 0 Å². The van der Waals surface area contributed by atoms with Crippen molar-refractivity contribution in [3.8, 4) is 0 Å². The van der Waals surface area contributed by atoms with Crippen molar-refractivity contribution in [1.29, 1.82) is 0 Å². The Morgan fingerprint density at radius 2 is 1.88 bits per heavy atom. The summed E-state index contributed by atoms with van der Waals surface area (Å²) >= 11 is 0. The number of carbonyl (C=O) groups is 3. The summed E-state index contributed by atoms with van der Waals surface area (Å²) in [5.74, 6) is -1.98. The molecule has 8 heteroatoms. The molecular formula is C18H25N3O5. The largest absolute Gasteiger partial charge is 0.469 e. The predicted octanol–water partition coefficient (Wildman–Crippen LogP) is 2.12. The van der Waals surface area contributed by atoms with Gasteiger partial charge in [-0.25, -0.2) is 4.68 Å². The lowest BCUT2D eigenvalue weighted by Crippen LogP contribution is -2.35. The Bertz CT molecular complexity index is 702. The normalized spacial score (nSPS) is 19.7. The summed E-state index contributed by atoms with van der Waals surface area (Å²) in [6, 6.07) is 0. The maximum atomic E-state index is 12.5. The van der Waals surface area contributed by atoms with Crippen LogP contribution in [0.3, 0.4) is 0 Å². The fraction of sp³-hybridized carbons (Fsp3) is 0.556. The van der Waals surface area contributed by atoms with Gasteiger partial charge >= 0.3 is 11.9 Å². The number of nitrogens with zero attached hydrogens (tertiary/aromatic N) is 2. The van der Waals surface area contributed by atoms with Crippen molar-refractivity contribution in [2.24, 2.45) is 17.3 Å². The van der Waals surface area contributed by atoms with Gasteiger partial charge in [0.05, 0.1) is 42.4 Å². The summed E-state index contributed by atoms with van der Waals surface area (Å²) in [4.78, 5) is 36.2. The van der Waals surface area contributed by atoms with Gasteiger partial charge in [-0.05, 0) is 33.6 Å². The van der Waals surface area contributed by atoms with E-state index in [0.717, 1.165) is 0 Å². The lowest BCUT2D eigenvalue weighted by molar-refractivity contribution is -0.157. The number of ether oxygens (including phenoxy) is 2. The monoisotopic (exact) mass is 363 g/mol. The first kappa shape index (κ1) is 19.7. The highest BCUT2D eigenvalue weighted by Crippen LogP contribution is 2.28. The van der Waals surface area contributed by atoms with Crippen LogP contribution in [0.4, 0.5) is 5.69 Å². The Balaban J connectivity index is 1.95. The standard InChI is InChI=1S/C18H25N3O5/c1-18(2,3)17(24)26-11-21-10-12(9-19-21)20-15(22)13-7-5-6-8-14(13)16(23)25-4/h5-6,9-10,13-14H,7-8,11H2,1-4H3,(H,20,22)/t13-,14+/m1/s1. The summed E-state index contributed by atoms with van der Waals surface area (Å²) < 4.78 is 11.4. The van der Waals surface area contributed by atoms with Crippen LogP contribution in [0.25, 0.3) is 0 Å². The second kappa shape index (κ2) is 8.16. The number of carbonyl (C=O) groups excluding carboxylic acids is 3. The van der Waals surface area contributed by atoms with Crippen molar-refractivity contribution >= 4 is 23.5 Å². The highest BCUT2D eigenvalue weighted by Gasteiger charge is 2.34. The van der Waals surface area contributed by atoms with Crippen molar-refractivity contribution < 1.29 is 23.9 Å². The molecule has 1 aromatic rings. The minimum atomic E-state index is -0.596. The van der Waals surface area contributed by atoms with Crippen LogP contribution in [0.15, 0.2) is 24.5 Å². The molecule has 1 amide bonds. The topological polar surface area (TPSA) is 99.5 Å². The number of hydrogen-bond donors (Lipinski definition) is 1. The quantitative estimate of drug-likeness (QED) is 0.635. The van der Waals surface area contributed by atoms with E-state index in [1.807, 2.05) is 12.2 Å². The van der Waals surface area contributed by atoms with Gasteiger partial charge in [-0.3, -0.25) is 14.4 Å². The molecule has 1 heterocycles. The number of amides is 1. The maximum absolute atomic E-state index is 12.5. The molecule has 1 aliphatic carbocycles. The average Bonchev–Trinajstić information content (AvgIpc) is 3.05. The van der Waals surface area contributed by atoms with Crippen LogP contribution in [-0.2, 0) is 30.6 Å². The molecular weight excluding hydrogens is 338 g/mol. The zero-order valence-electron chi connectivity index (χ0n) is 15.5. The average molecular weight is 363 g/mol. The molecule has 0 radical (unpaired) electrons. The Morgan fingerprint density at radius 1 is 1.23 bits per heavy atom. The zero-order valence-corrected chi connectivity index (χ0v) is 15.5. The molecule has 0 saturated carbocycles. The van der Waals surface area contributed by atoms with E-state index >= 15 is 0 Å². The highest BCUT2D eigenvalue weighted by atomic mass is 16.5. The van der Waals surface area contributed by atoms with Crippen LogP contribution < -0.4 is 5.32 Å². The van der Waals surface area contributed by atoms with Crippen molar-refractivity contribution in [2.75, 3.05) is 12.4 Å². The van der Waals surface area contributed by atoms with Gasteiger partial charge in [0.2, 0.25) is 5.91 Å². The molecule has 142 valence electrons. The van der Waals surface area contributed by atoms with E-state index in [0.29, 0.717) is 18.5 Å². The van der Waals surface area contributed by atoms with E-state index in [1.54, 1.807) is 27.0 Å². The third-order valence-corrected chi connectivity index (χ3v) is 4.11. The number of anilines is 1. The molecule has 2 rings (SSSR count). The molecule has 0 aromatic carbocycles. The van der Waals surface area contributed by atoms with Crippen molar-refractivity contribution in [3.63, 3.8) is 0 Å². The van der Waals surface area contributed by atoms with Gasteiger partial charge in [0.25, 0.3) is 0 Å². The number of rotatable bonds is 5. The molecule has 2 atom stereocenters. The molecule has 0 fully saturated rings. The van der Waals surface area contributed by atoms with Gasteiger partial charge in [0.1, 0.15) is 0 Å². The summed E-state index contributed by atoms with van der Waals surface area (Å²) in [6.45, 7) is 5.25. The van der Waals surface area contributed by atoms with E-state index in [9.17, 15) is 14.4 Å². The van der Waals surface area contributed by atoms with Gasteiger partial charge in [-0.2, -0.15) is 5.10 Å². The summed E-state index contributed by atoms with van der Waals surface area (Å²) in [7, 11) is 1.32. The van der Waals surface area contributed by atoms with Crippen LogP contribution in [0.5, 0.6) is 0 Å². The number of nitrogens with one attached hydrogen (secondary N) is 1. The summed E-state index contributed by atoms with van der Waals surface area (Å²) in [6.07, 6.45) is 7.76. The Labute approximate surface area is 152 Å². The van der Waals surface area contributed by atoms with Crippen molar-refractivity contribution in [2.45, 2.75) is 40.3 Å². The van der Waals surface area contributed by atoms with Gasteiger partial charge in [0, 0.05) is 0 Å². The van der Waals surface area contributed by atoms with Crippen LogP contribution in [0.1, 0.15) is 33.6 Å². The third-order valence-electron chi connectivity index (χ3n) is 4.11. The molecule has 26 heavy (non-hydrogen) atoms. The fourth-order valence-electron chi connectivity index (χ4n) is 2.59. The van der Waals surface area contributed by atoms with E-state index in [2.05, 4.69) is 10.4 Å². The van der Waals surface area contributed by atoms with Crippen molar-refractivity contribution in [1.82, 2.24) is 9.78 Å². The van der Waals surface area contributed by atoms with E-state index in [1.165, 1.54) is 18.0 Å². The van der Waals surface area contributed by atoms with Crippen molar-refractivity contribution in [3.05, 3.63) is 24.5 Å². The highest BCUT2D eigenvalue weighted by molar-refractivity contribution is 5.95. The first-order chi connectivity index (χ1) is 12.2. The second-order valence-corrected chi connectivity index (χ2v) is 7.25. The number of aromatic nitrogens is 2. The van der Waals surface area contributed by atoms with Crippen LogP contribution >= 0.6 is 0 Å². The molecule has 0 bridgehead atoms. The minimum absolute atomic E-state index is 0.0388. The molecule has 0 spiro atoms. The van der Waals surface area contributed by atoms with E-state index in [-0.39, 0.29) is 24.6 Å². The molecule has 1 aromatic heterocycles. The Hall–Kier alpha value is -2.64. The zero-order chi connectivity index (χ0) is 19.3. The van der Waals surface area contributed by atoms with Gasteiger partial charge < -0.3 is 14.8 Å². The predicted molar refractivity (Wildman–Crippen MR) is 93.8 cm³/mol. The van der Waals surface area contributed by atoms with E-state index in [4.69, 9.17) is 9.47 Å². The fourth-order valence-corrected chi connectivity index (χ4v) is 2.59. The number of methoxy groups -OCH3 is 1. The first-order valence-corrected chi connectivity index (χ1v) is 8.45. The molecule has 0 saturated heterocycles. The summed E-state index contributed by atoms with van der Waals surface area (Å²) in [5, 5.41) is 6.81.